The second-order valence-electron chi connectivity index (χ2n) is 7.99. The summed E-state index contributed by atoms with van der Waals surface area (Å²) in [6.45, 7) is 2.64. The van der Waals surface area contributed by atoms with Gasteiger partial charge in [-0.15, -0.1) is 0 Å². The summed E-state index contributed by atoms with van der Waals surface area (Å²) in [4.78, 5) is 31.2. The maximum atomic E-state index is 13.3. The van der Waals surface area contributed by atoms with Crippen molar-refractivity contribution in [2.75, 3.05) is 45.1 Å². The van der Waals surface area contributed by atoms with Gasteiger partial charge in [0.1, 0.15) is 0 Å². The fourth-order valence-electron chi connectivity index (χ4n) is 3.21. The lowest BCUT2D eigenvalue weighted by Gasteiger charge is -2.16. The Morgan fingerprint density at radius 1 is 1.13 bits per heavy atom. The van der Waals surface area contributed by atoms with Gasteiger partial charge in [0.25, 0.3) is 5.91 Å². The Morgan fingerprint density at radius 3 is 2.58 bits per heavy atom. The molecule has 0 atom stereocenters. The standard InChI is InChI=1S/C26H25F3N4O4S/c1-16-8-9-18(23(34)31-21-7-5-6-20(22(21)37-4)26(27,28)29)14-17(16)10-11-19-15-30-24(38-19)32-25(35)33(2)12-13-36-3/h5-9,14-15H,12-13H2,1-4H3,(H,31,34)(H,30,32,35). The zero-order chi connectivity index (χ0) is 27.9. The van der Waals surface area contributed by atoms with E-state index in [1.807, 2.05) is 6.92 Å². The fraction of sp³-hybridized carbons (Fsp3) is 0.269. The van der Waals surface area contributed by atoms with E-state index in [2.05, 4.69) is 27.5 Å². The smallest absolute Gasteiger partial charge is 0.420 e. The normalized spacial score (nSPS) is 10.8. The van der Waals surface area contributed by atoms with Gasteiger partial charge in [0, 0.05) is 31.8 Å². The molecule has 1 aromatic heterocycles. The molecule has 0 unspecified atom stereocenters. The zero-order valence-electron chi connectivity index (χ0n) is 21.0. The molecule has 0 saturated heterocycles. The Morgan fingerprint density at radius 2 is 1.89 bits per heavy atom. The van der Waals surface area contributed by atoms with E-state index in [1.165, 1.54) is 34.6 Å². The summed E-state index contributed by atoms with van der Waals surface area (Å²) in [5.74, 6) is 4.85. The first-order valence-electron chi connectivity index (χ1n) is 11.2. The van der Waals surface area contributed by atoms with Crippen molar-refractivity contribution in [3.05, 3.63) is 69.7 Å². The number of carbonyl (C=O) groups excluding carboxylic acids is 2. The third-order valence-corrected chi connectivity index (χ3v) is 6.12. The van der Waals surface area contributed by atoms with Crippen molar-refractivity contribution in [3.63, 3.8) is 0 Å². The van der Waals surface area contributed by atoms with Crippen molar-refractivity contribution in [2.45, 2.75) is 13.1 Å². The molecule has 0 saturated carbocycles. The quantitative estimate of drug-likeness (QED) is 0.396. The average Bonchev–Trinajstić information content (AvgIpc) is 3.33. The maximum Gasteiger partial charge on any atom is 0.420 e. The molecule has 8 nitrogen and oxygen atoms in total. The van der Waals surface area contributed by atoms with Gasteiger partial charge < -0.3 is 19.7 Å². The van der Waals surface area contributed by atoms with Crippen LogP contribution in [0.3, 0.4) is 0 Å². The van der Waals surface area contributed by atoms with Crippen LogP contribution in [0.2, 0.25) is 0 Å². The molecule has 0 bridgehead atoms. The molecular weight excluding hydrogens is 521 g/mol. The van der Waals surface area contributed by atoms with Gasteiger partial charge in [-0.05, 0) is 42.7 Å². The monoisotopic (exact) mass is 546 g/mol. The minimum atomic E-state index is -4.64. The van der Waals surface area contributed by atoms with Crippen LogP contribution in [0.15, 0.2) is 42.6 Å². The number of alkyl halides is 3. The number of aryl methyl sites for hydroxylation is 1. The summed E-state index contributed by atoms with van der Waals surface area (Å²) in [5, 5.41) is 5.55. The summed E-state index contributed by atoms with van der Waals surface area (Å²) < 4.78 is 49.8. The lowest BCUT2D eigenvalue weighted by Crippen LogP contribution is -2.33. The Hall–Kier alpha value is -4.08. The predicted octanol–water partition coefficient (Wildman–Crippen LogP) is 5.24. The highest BCUT2D eigenvalue weighted by Gasteiger charge is 2.35. The third-order valence-electron chi connectivity index (χ3n) is 5.29. The molecule has 3 aromatic rings. The Balaban J connectivity index is 1.76. The first-order chi connectivity index (χ1) is 18.0. The number of halogens is 3. The number of methoxy groups -OCH3 is 2. The number of thiazole rings is 1. The van der Waals surface area contributed by atoms with Gasteiger partial charge in [-0.2, -0.15) is 13.2 Å². The molecule has 0 aliphatic heterocycles. The summed E-state index contributed by atoms with van der Waals surface area (Å²) >= 11 is 1.19. The van der Waals surface area contributed by atoms with Crippen LogP contribution in [0.1, 0.15) is 31.9 Å². The van der Waals surface area contributed by atoms with Gasteiger partial charge in [0.15, 0.2) is 10.9 Å². The van der Waals surface area contributed by atoms with Crippen LogP contribution in [0.4, 0.5) is 28.8 Å². The van der Waals surface area contributed by atoms with E-state index >= 15 is 0 Å². The Kier molecular flexibility index (Phi) is 9.33. The van der Waals surface area contributed by atoms with Crippen LogP contribution in [-0.4, -0.2) is 56.2 Å². The van der Waals surface area contributed by atoms with Crippen LogP contribution in [-0.2, 0) is 10.9 Å². The molecule has 200 valence electrons. The molecule has 1 heterocycles. The molecule has 2 N–H and O–H groups in total. The Bertz CT molecular complexity index is 1380. The molecule has 38 heavy (non-hydrogen) atoms. The predicted molar refractivity (Wildman–Crippen MR) is 139 cm³/mol. The number of likely N-dealkylation sites (N-methyl/N-ethyl adjacent to an activating group) is 1. The molecule has 0 spiro atoms. The first-order valence-corrected chi connectivity index (χ1v) is 12.0. The van der Waals surface area contributed by atoms with Crippen molar-refractivity contribution < 1.29 is 32.2 Å². The summed E-state index contributed by atoms with van der Waals surface area (Å²) in [5.41, 5.74) is 0.453. The molecule has 0 fully saturated rings. The van der Waals surface area contributed by atoms with E-state index in [9.17, 15) is 22.8 Å². The van der Waals surface area contributed by atoms with E-state index in [1.54, 1.807) is 32.4 Å². The number of aromatic nitrogens is 1. The van der Waals surface area contributed by atoms with Gasteiger partial charge in [-0.3, -0.25) is 10.1 Å². The lowest BCUT2D eigenvalue weighted by atomic mass is 10.0. The number of rotatable bonds is 7. The molecule has 2 aromatic carbocycles. The number of para-hydroxylation sites is 1. The van der Waals surface area contributed by atoms with E-state index in [-0.39, 0.29) is 17.3 Å². The van der Waals surface area contributed by atoms with Crippen molar-refractivity contribution in [1.82, 2.24) is 9.88 Å². The molecule has 3 rings (SSSR count). The number of anilines is 2. The van der Waals surface area contributed by atoms with Crippen LogP contribution in [0, 0.1) is 18.8 Å². The third kappa shape index (κ3) is 7.24. The number of urea groups is 1. The molecule has 3 amide bonds. The van der Waals surface area contributed by atoms with E-state index in [0.29, 0.717) is 28.7 Å². The Labute approximate surface area is 221 Å². The molecular formula is C26H25F3N4O4S. The fourth-order valence-corrected chi connectivity index (χ4v) is 3.87. The number of carbonyl (C=O) groups is 2. The highest BCUT2D eigenvalue weighted by atomic mass is 32.1. The van der Waals surface area contributed by atoms with Crippen molar-refractivity contribution >= 4 is 34.1 Å². The molecule has 12 heteroatoms. The van der Waals surface area contributed by atoms with E-state index in [0.717, 1.165) is 18.7 Å². The van der Waals surface area contributed by atoms with E-state index < -0.39 is 23.4 Å². The number of benzene rings is 2. The molecule has 0 aliphatic rings. The maximum absolute atomic E-state index is 13.3. The highest BCUT2D eigenvalue weighted by molar-refractivity contribution is 7.16. The van der Waals surface area contributed by atoms with Gasteiger partial charge in [-0.1, -0.05) is 29.4 Å². The van der Waals surface area contributed by atoms with Crippen molar-refractivity contribution in [2.24, 2.45) is 0 Å². The number of nitrogens with one attached hydrogen (secondary N) is 2. The SMILES string of the molecule is COCCN(C)C(=O)Nc1ncc(C#Cc2cc(C(=O)Nc3cccc(C(F)(F)F)c3OC)ccc2C)s1. The van der Waals surface area contributed by atoms with Crippen LogP contribution in [0.25, 0.3) is 0 Å². The molecule has 0 radical (unpaired) electrons. The topological polar surface area (TPSA) is 92.8 Å². The second kappa shape index (κ2) is 12.4. The van der Waals surface area contributed by atoms with Crippen molar-refractivity contribution in [1.29, 1.82) is 0 Å². The minimum Gasteiger partial charge on any atom is -0.494 e. The number of nitrogens with zero attached hydrogens (tertiary/aromatic N) is 2. The number of hydrogen-bond donors (Lipinski definition) is 2. The minimum absolute atomic E-state index is 0.104. The zero-order valence-corrected chi connectivity index (χ0v) is 21.8. The number of ether oxygens (including phenoxy) is 2. The van der Waals surface area contributed by atoms with Gasteiger partial charge in [-0.25, -0.2) is 9.78 Å². The van der Waals surface area contributed by atoms with E-state index in [4.69, 9.17) is 9.47 Å². The van der Waals surface area contributed by atoms with Crippen LogP contribution < -0.4 is 15.4 Å². The van der Waals surface area contributed by atoms with Gasteiger partial charge in [0.05, 0.1) is 36.0 Å². The highest BCUT2D eigenvalue weighted by Crippen LogP contribution is 2.40. The summed E-state index contributed by atoms with van der Waals surface area (Å²) in [6.07, 6.45) is -3.12. The van der Waals surface area contributed by atoms with Gasteiger partial charge in [0.2, 0.25) is 0 Å². The summed E-state index contributed by atoms with van der Waals surface area (Å²) in [6, 6.07) is 7.86. The summed E-state index contributed by atoms with van der Waals surface area (Å²) in [7, 11) is 4.29. The lowest BCUT2D eigenvalue weighted by molar-refractivity contribution is -0.138. The second-order valence-corrected chi connectivity index (χ2v) is 9.02. The largest absolute Gasteiger partial charge is 0.494 e. The average molecular weight is 547 g/mol. The first kappa shape index (κ1) is 28.5. The van der Waals surface area contributed by atoms with Gasteiger partial charge >= 0.3 is 12.2 Å². The van der Waals surface area contributed by atoms with Crippen molar-refractivity contribution in [3.8, 4) is 17.6 Å². The number of amides is 3. The number of hydrogen-bond acceptors (Lipinski definition) is 6. The van der Waals surface area contributed by atoms with Crippen LogP contribution in [0.5, 0.6) is 5.75 Å². The van der Waals surface area contributed by atoms with Crippen LogP contribution >= 0.6 is 11.3 Å². The molecule has 0 aliphatic carbocycles.